The van der Waals surface area contributed by atoms with E-state index in [1.54, 1.807) is 0 Å². The van der Waals surface area contributed by atoms with E-state index in [2.05, 4.69) is 65.7 Å². The molecule has 0 saturated carbocycles. The van der Waals surface area contributed by atoms with Crippen LogP contribution in [-0.2, 0) is 4.74 Å². The number of ether oxygens (including phenoxy) is 1. The third-order valence-electron chi connectivity index (χ3n) is 5.96. The third kappa shape index (κ3) is 3.99. The maximum atomic E-state index is 12.0. The van der Waals surface area contributed by atoms with Gasteiger partial charge in [0.2, 0.25) is 0 Å². The SMILES string of the molecule is COC(=O)c1cc(N2CC[C@H](N[C@H](C)c3cccc4ccccc34)C2)ccc1C. The fourth-order valence-electron chi connectivity index (χ4n) is 4.34. The molecule has 0 amide bonds. The molecule has 1 saturated heterocycles. The Morgan fingerprint density at radius 1 is 1.14 bits per heavy atom. The van der Waals surface area contributed by atoms with E-state index in [4.69, 9.17) is 4.74 Å². The topological polar surface area (TPSA) is 41.6 Å². The van der Waals surface area contributed by atoms with Gasteiger partial charge in [-0.1, -0.05) is 48.5 Å². The highest BCUT2D eigenvalue weighted by atomic mass is 16.5. The maximum absolute atomic E-state index is 12.0. The number of esters is 1. The second kappa shape index (κ2) is 8.26. The molecule has 2 atom stereocenters. The van der Waals surface area contributed by atoms with Crippen molar-refractivity contribution < 1.29 is 9.53 Å². The number of methoxy groups -OCH3 is 1. The molecule has 1 aliphatic rings. The van der Waals surface area contributed by atoms with Gasteiger partial charge >= 0.3 is 5.97 Å². The molecule has 29 heavy (non-hydrogen) atoms. The zero-order valence-corrected chi connectivity index (χ0v) is 17.3. The molecule has 3 aromatic rings. The van der Waals surface area contributed by atoms with Crippen LogP contribution in [-0.4, -0.2) is 32.2 Å². The highest BCUT2D eigenvalue weighted by Gasteiger charge is 2.25. The van der Waals surface area contributed by atoms with Crippen LogP contribution >= 0.6 is 0 Å². The monoisotopic (exact) mass is 388 g/mol. The molecular weight excluding hydrogens is 360 g/mol. The Morgan fingerprint density at radius 3 is 2.76 bits per heavy atom. The standard InChI is InChI=1S/C25H28N2O2/c1-17-11-12-21(15-24(17)25(28)29-3)27-14-13-20(16-27)26-18(2)22-10-6-8-19-7-4-5-9-23(19)22/h4-12,15,18,20,26H,13-14,16H2,1-3H3/t18-,20+/m1/s1. The van der Waals surface area contributed by atoms with Crippen molar-refractivity contribution in [2.45, 2.75) is 32.4 Å². The van der Waals surface area contributed by atoms with Gasteiger partial charge in [-0.15, -0.1) is 0 Å². The molecule has 0 spiro atoms. The van der Waals surface area contributed by atoms with Crippen molar-refractivity contribution in [3.05, 3.63) is 77.4 Å². The summed E-state index contributed by atoms with van der Waals surface area (Å²) in [4.78, 5) is 14.4. The Morgan fingerprint density at radius 2 is 1.93 bits per heavy atom. The number of hydrogen-bond acceptors (Lipinski definition) is 4. The second-order valence-electron chi connectivity index (χ2n) is 7.88. The van der Waals surface area contributed by atoms with Crippen molar-refractivity contribution in [3.8, 4) is 0 Å². The van der Waals surface area contributed by atoms with Crippen LogP contribution in [0, 0.1) is 6.92 Å². The number of hydrogen-bond donors (Lipinski definition) is 1. The summed E-state index contributed by atoms with van der Waals surface area (Å²) in [5, 5.41) is 6.40. The molecule has 4 nitrogen and oxygen atoms in total. The van der Waals surface area contributed by atoms with Crippen molar-refractivity contribution in [2.75, 3.05) is 25.1 Å². The van der Waals surface area contributed by atoms with Crippen LogP contribution in [0.2, 0.25) is 0 Å². The third-order valence-corrected chi connectivity index (χ3v) is 5.96. The summed E-state index contributed by atoms with van der Waals surface area (Å²) < 4.78 is 4.92. The number of nitrogens with one attached hydrogen (secondary N) is 1. The molecule has 1 fully saturated rings. The van der Waals surface area contributed by atoms with E-state index >= 15 is 0 Å². The number of carbonyl (C=O) groups excluding carboxylic acids is 1. The molecule has 0 radical (unpaired) electrons. The summed E-state index contributed by atoms with van der Waals surface area (Å²) in [6, 6.07) is 21.8. The summed E-state index contributed by atoms with van der Waals surface area (Å²) in [5.74, 6) is -0.275. The van der Waals surface area contributed by atoms with E-state index < -0.39 is 0 Å². The van der Waals surface area contributed by atoms with Crippen LogP contribution in [0.3, 0.4) is 0 Å². The number of aryl methyl sites for hydroxylation is 1. The highest BCUT2D eigenvalue weighted by molar-refractivity contribution is 5.92. The van der Waals surface area contributed by atoms with E-state index in [9.17, 15) is 4.79 Å². The van der Waals surface area contributed by atoms with Gasteiger partial charge in [-0.05, 0) is 54.3 Å². The number of fused-ring (bicyclic) bond motifs is 1. The van der Waals surface area contributed by atoms with Crippen molar-refractivity contribution in [1.82, 2.24) is 5.32 Å². The summed E-state index contributed by atoms with van der Waals surface area (Å²) >= 11 is 0. The first-order chi connectivity index (χ1) is 14.1. The largest absolute Gasteiger partial charge is 0.465 e. The quantitative estimate of drug-likeness (QED) is 0.634. The predicted molar refractivity (Wildman–Crippen MR) is 119 cm³/mol. The van der Waals surface area contributed by atoms with Gasteiger partial charge < -0.3 is 15.0 Å². The summed E-state index contributed by atoms with van der Waals surface area (Å²) in [5.41, 5.74) is 4.01. The van der Waals surface area contributed by atoms with Crippen molar-refractivity contribution in [3.63, 3.8) is 0 Å². The lowest BCUT2D eigenvalue weighted by Crippen LogP contribution is -2.34. The molecule has 4 rings (SSSR count). The average Bonchev–Trinajstić information content (AvgIpc) is 3.21. The lowest BCUT2D eigenvalue weighted by molar-refractivity contribution is 0.0600. The van der Waals surface area contributed by atoms with E-state index in [-0.39, 0.29) is 12.0 Å². The molecule has 0 unspecified atom stereocenters. The molecule has 4 heteroatoms. The molecule has 0 aliphatic carbocycles. The molecule has 3 aromatic carbocycles. The van der Waals surface area contributed by atoms with Crippen LogP contribution in [0.25, 0.3) is 10.8 Å². The molecule has 0 bridgehead atoms. The van der Waals surface area contributed by atoms with E-state index in [1.807, 2.05) is 19.1 Å². The fourth-order valence-corrected chi connectivity index (χ4v) is 4.34. The number of carbonyl (C=O) groups is 1. The smallest absolute Gasteiger partial charge is 0.338 e. The summed E-state index contributed by atoms with van der Waals surface area (Å²) in [7, 11) is 1.43. The minimum atomic E-state index is -0.275. The predicted octanol–water partition coefficient (Wildman–Crippen LogP) is 4.86. The van der Waals surface area contributed by atoms with Gasteiger partial charge in [-0.3, -0.25) is 0 Å². The Kier molecular flexibility index (Phi) is 5.54. The van der Waals surface area contributed by atoms with Gasteiger partial charge in [-0.2, -0.15) is 0 Å². The maximum Gasteiger partial charge on any atom is 0.338 e. The van der Waals surface area contributed by atoms with Crippen molar-refractivity contribution in [2.24, 2.45) is 0 Å². The van der Waals surface area contributed by atoms with Gasteiger partial charge in [0.05, 0.1) is 12.7 Å². The molecule has 0 aromatic heterocycles. The normalized spacial score (nSPS) is 17.5. The Bertz CT molecular complexity index is 1030. The number of rotatable bonds is 5. The van der Waals surface area contributed by atoms with Crippen LogP contribution in [0.5, 0.6) is 0 Å². The van der Waals surface area contributed by atoms with Crippen LogP contribution in [0.4, 0.5) is 5.69 Å². The Balaban J connectivity index is 1.47. The Labute approximate surface area is 172 Å². The molecule has 1 heterocycles. The zero-order chi connectivity index (χ0) is 20.4. The molecule has 150 valence electrons. The molecule has 1 aliphatic heterocycles. The van der Waals surface area contributed by atoms with Crippen LogP contribution in [0.1, 0.15) is 40.9 Å². The highest BCUT2D eigenvalue weighted by Crippen LogP contribution is 2.27. The molecular formula is C25H28N2O2. The minimum Gasteiger partial charge on any atom is -0.465 e. The first kappa shape index (κ1) is 19.5. The van der Waals surface area contributed by atoms with Crippen molar-refractivity contribution in [1.29, 1.82) is 0 Å². The second-order valence-corrected chi connectivity index (χ2v) is 7.88. The first-order valence-corrected chi connectivity index (χ1v) is 10.2. The lowest BCUT2D eigenvalue weighted by Gasteiger charge is -2.23. The van der Waals surface area contributed by atoms with Gasteiger partial charge in [0, 0.05) is 30.9 Å². The summed E-state index contributed by atoms with van der Waals surface area (Å²) in [6.45, 7) is 6.09. The summed E-state index contributed by atoms with van der Waals surface area (Å²) in [6.07, 6.45) is 1.08. The first-order valence-electron chi connectivity index (χ1n) is 10.2. The van der Waals surface area contributed by atoms with Crippen LogP contribution < -0.4 is 10.2 Å². The zero-order valence-electron chi connectivity index (χ0n) is 17.3. The lowest BCUT2D eigenvalue weighted by atomic mass is 9.99. The van der Waals surface area contributed by atoms with E-state index in [0.717, 1.165) is 30.8 Å². The van der Waals surface area contributed by atoms with E-state index in [1.165, 1.54) is 23.4 Å². The van der Waals surface area contributed by atoms with Crippen molar-refractivity contribution >= 4 is 22.4 Å². The van der Waals surface area contributed by atoms with E-state index in [0.29, 0.717) is 11.6 Å². The minimum absolute atomic E-state index is 0.273. The van der Waals surface area contributed by atoms with Gasteiger partial charge in [0.25, 0.3) is 0 Å². The van der Waals surface area contributed by atoms with Gasteiger partial charge in [0.15, 0.2) is 0 Å². The molecule has 1 N–H and O–H groups in total. The number of benzene rings is 3. The Hall–Kier alpha value is -2.85. The van der Waals surface area contributed by atoms with Gasteiger partial charge in [-0.25, -0.2) is 4.79 Å². The average molecular weight is 389 g/mol. The number of anilines is 1. The van der Waals surface area contributed by atoms with Crippen LogP contribution in [0.15, 0.2) is 60.7 Å². The number of nitrogens with zero attached hydrogens (tertiary/aromatic N) is 1. The fraction of sp³-hybridized carbons (Fsp3) is 0.320. The van der Waals surface area contributed by atoms with Gasteiger partial charge in [0.1, 0.15) is 0 Å².